The highest BCUT2D eigenvalue weighted by Gasteiger charge is 2.03. The normalized spacial score (nSPS) is 10.5. The Balaban J connectivity index is 2.42. The molecule has 5 heteroatoms. The van der Waals surface area contributed by atoms with E-state index >= 15 is 0 Å². The predicted octanol–water partition coefficient (Wildman–Crippen LogP) is 2.19. The van der Waals surface area contributed by atoms with Crippen LogP contribution in [0, 0.1) is 3.57 Å². The van der Waals surface area contributed by atoms with Gasteiger partial charge >= 0.3 is 0 Å². The number of hydrogen-bond acceptors (Lipinski definition) is 3. The fraction of sp³-hybridized carbons (Fsp3) is 0.167. The molecule has 0 bridgehead atoms. The summed E-state index contributed by atoms with van der Waals surface area (Å²) in [5, 5.41) is 0. The van der Waals surface area contributed by atoms with E-state index in [-0.39, 0.29) is 5.56 Å². The molecule has 0 spiro atoms. The lowest BCUT2D eigenvalue weighted by Crippen LogP contribution is -2.11. The highest BCUT2D eigenvalue weighted by molar-refractivity contribution is 14.1. The van der Waals surface area contributed by atoms with Crippen LogP contribution in [0.5, 0.6) is 0 Å². The molecule has 0 saturated carbocycles. The third-order valence-corrected chi connectivity index (χ3v) is 3.04. The maximum Gasteiger partial charge on any atom is 0.264 e. The van der Waals surface area contributed by atoms with Crippen LogP contribution >= 0.6 is 22.6 Å². The lowest BCUT2D eigenvalue weighted by molar-refractivity contribution is 0.185. The van der Waals surface area contributed by atoms with Gasteiger partial charge in [-0.2, -0.15) is 0 Å². The fourth-order valence-corrected chi connectivity index (χ4v) is 1.78. The zero-order chi connectivity index (χ0) is 12.3. The Kier molecular flexibility index (Phi) is 3.90. The summed E-state index contributed by atoms with van der Waals surface area (Å²) in [6.45, 7) is 0.544. The minimum atomic E-state index is -0.118. The van der Waals surface area contributed by atoms with E-state index in [4.69, 9.17) is 4.74 Å². The smallest absolute Gasteiger partial charge is 0.264 e. The lowest BCUT2D eigenvalue weighted by atomic mass is 10.1. The Labute approximate surface area is 112 Å². The van der Waals surface area contributed by atoms with Crippen LogP contribution in [-0.4, -0.2) is 17.1 Å². The van der Waals surface area contributed by atoms with Crippen LogP contribution < -0.4 is 5.56 Å². The summed E-state index contributed by atoms with van der Waals surface area (Å²) in [4.78, 5) is 18.4. The van der Waals surface area contributed by atoms with Crippen LogP contribution in [0.2, 0.25) is 0 Å². The lowest BCUT2D eigenvalue weighted by Gasteiger charge is -2.04. The number of H-pyrrole nitrogens is 1. The van der Waals surface area contributed by atoms with E-state index in [0.717, 1.165) is 11.1 Å². The van der Waals surface area contributed by atoms with Crippen LogP contribution in [0.1, 0.15) is 5.56 Å². The number of aromatic amines is 1. The molecule has 0 saturated heterocycles. The van der Waals surface area contributed by atoms with Crippen molar-refractivity contribution in [3.05, 3.63) is 49.9 Å². The maximum atomic E-state index is 11.5. The number of halogens is 1. The van der Waals surface area contributed by atoms with Crippen molar-refractivity contribution in [3.8, 4) is 11.4 Å². The number of rotatable bonds is 3. The van der Waals surface area contributed by atoms with Gasteiger partial charge in [-0.05, 0) is 34.2 Å². The second-order valence-corrected chi connectivity index (χ2v) is 4.70. The standard InChI is InChI=1S/C12H11IN2O2/c1-17-7-8-3-2-4-9(5-8)11-14-6-10(13)12(16)15-11/h2-6H,7H2,1H3,(H,14,15,16). The van der Waals surface area contributed by atoms with Gasteiger partial charge in [0.25, 0.3) is 5.56 Å². The molecule has 0 aliphatic carbocycles. The van der Waals surface area contributed by atoms with Crippen molar-refractivity contribution < 1.29 is 4.74 Å². The minimum Gasteiger partial charge on any atom is -0.380 e. The van der Waals surface area contributed by atoms with E-state index in [1.807, 2.05) is 46.9 Å². The molecular formula is C12H11IN2O2. The highest BCUT2D eigenvalue weighted by atomic mass is 127. The van der Waals surface area contributed by atoms with E-state index in [9.17, 15) is 4.79 Å². The van der Waals surface area contributed by atoms with Crippen LogP contribution in [0.3, 0.4) is 0 Å². The first kappa shape index (κ1) is 12.3. The average Bonchev–Trinajstić information content (AvgIpc) is 2.33. The number of hydrogen-bond donors (Lipinski definition) is 1. The summed E-state index contributed by atoms with van der Waals surface area (Å²) in [6, 6.07) is 7.75. The van der Waals surface area contributed by atoms with Crippen molar-refractivity contribution in [2.75, 3.05) is 7.11 Å². The molecule has 0 aliphatic rings. The molecular weight excluding hydrogens is 331 g/mol. The van der Waals surface area contributed by atoms with Crippen molar-refractivity contribution >= 4 is 22.6 Å². The number of ether oxygens (including phenoxy) is 1. The number of aromatic nitrogens is 2. The molecule has 0 amide bonds. The van der Waals surface area contributed by atoms with E-state index in [1.54, 1.807) is 13.3 Å². The molecule has 0 radical (unpaired) electrons. The molecule has 0 unspecified atom stereocenters. The van der Waals surface area contributed by atoms with Gasteiger partial charge in [0.05, 0.1) is 10.2 Å². The zero-order valence-corrected chi connectivity index (χ0v) is 11.4. The van der Waals surface area contributed by atoms with Crippen LogP contribution in [-0.2, 0) is 11.3 Å². The van der Waals surface area contributed by atoms with Crippen LogP contribution in [0.25, 0.3) is 11.4 Å². The van der Waals surface area contributed by atoms with Gasteiger partial charge in [0, 0.05) is 18.9 Å². The fourth-order valence-electron chi connectivity index (χ4n) is 1.50. The first-order chi connectivity index (χ1) is 8.20. The minimum absolute atomic E-state index is 0.118. The Bertz CT molecular complexity index is 581. The molecule has 2 aromatic rings. The number of methoxy groups -OCH3 is 1. The Hall–Kier alpha value is -1.21. The molecule has 0 aliphatic heterocycles. The molecule has 1 aromatic heterocycles. The molecule has 17 heavy (non-hydrogen) atoms. The van der Waals surface area contributed by atoms with E-state index in [1.165, 1.54) is 0 Å². The molecule has 1 aromatic carbocycles. The first-order valence-electron chi connectivity index (χ1n) is 5.04. The molecule has 0 atom stereocenters. The number of nitrogens with one attached hydrogen (secondary N) is 1. The average molecular weight is 342 g/mol. The number of nitrogens with zero attached hydrogens (tertiary/aromatic N) is 1. The van der Waals surface area contributed by atoms with Crippen molar-refractivity contribution in [3.63, 3.8) is 0 Å². The van der Waals surface area contributed by atoms with Crippen LogP contribution in [0.15, 0.2) is 35.3 Å². The summed E-state index contributed by atoms with van der Waals surface area (Å²) < 4.78 is 5.65. The number of benzene rings is 1. The third kappa shape index (κ3) is 2.92. The largest absolute Gasteiger partial charge is 0.380 e. The Morgan fingerprint density at radius 1 is 1.47 bits per heavy atom. The van der Waals surface area contributed by atoms with E-state index in [0.29, 0.717) is 16.0 Å². The van der Waals surface area contributed by atoms with Gasteiger partial charge in [-0.3, -0.25) is 4.79 Å². The second kappa shape index (κ2) is 5.42. The Morgan fingerprint density at radius 2 is 2.29 bits per heavy atom. The van der Waals surface area contributed by atoms with Gasteiger partial charge in [-0.15, -0.1) is 0 Å². The van der Waals surface area contributed by atoms with Gasteiger partial charge in [-0.1, -0.05) is 18.2 Å². The highest BCUT2D eigenvalue weighted by Crippen LogP contribution is 2.15. The zero-order valence-electron chi connectivity index (χ0n) is 9.24. The van der Waals surface area contributed by atoms with E-state index in [2.05, 4.69) is 9.97 Å². The Morgan fingerprint density at radius 3 is 3.00 bits per heavy atom. The second-order valence-electron chi connectivity index (χ2n) is 3.54. The third-order valence-electron chi connectivity index (χ3n) is 2.27. The SMILES string of the molecule is COCc1cccc(-c2ncc(I)c(=O)[nH]2)c1. The quantitative estimate of drug-likeness (QED) is 0.870. The van der Waals surface area contributed by atoms with Crippen molar-refractivity contribution in [1.82, 2.24) is 9.97 Å². The monoisotopic (exact) mass is 342 g/mol. The maximum absolute atomic E-state index is 11.5. The van der Waals surface area contributed by atoms with Crippen molar-refractivity contribution in [1.29, 1.82) is 0 Å². The molecule has 4 nitrogen and oxygen atoms in total. The summed E-state index contributed by atoms with van der Waals surface area (Å²) in [7, 11) is 1.65. The van der Waals surface area contributed by atoms with Crippen molar-refractivity contribution in [2.45, 2.75) is 6.61 Å². The van der Waals surface area contributed by atoms with E-state index < -0.39 is 0 Å². The van der Waals surface area contributed by atoms with Gasteiger partial charge in [0.2, 0.25) is 0 Å². The van der Waals surface area contributed by atoms with Gasteiger partial charge in [0.15, 0.2) is 0 Å². The van der Waals surface area contributed by atoms with Gasteiger partial charge < -0.3 is 9.72 Å². The predicted molar refractivity (Wildman–Crippen MR) is 73.7 cm³/mol. The van der Waals surface area contributed by atoms with Gasteiger partial charge in [0.1, 0.15) is 5.82 Å². The summed E-state index contributed by atoms with van der Waals surface area (Å²) >= 11 is 1.95. The summed E-state index contributed by atoms with van der Waals surface area (Å²) in [5.41, 5.74) is 1.81. The van der Waals surface area contributed by atoms with Gasteiger partial charge in [-0.25, -0.2) is 4.98 Å². The molecule has 88 valence electrons. The molecule has 2 rings (SSSR count). The first-order valence-corrected chi connectivity index (χ1v) is 6.11. The molecule has 1 heterocycles. The molecule has 1 N–H and O–H groups in total. The topological polar surface area (TPSA) is 55.0 Å². The summed E-state index contributed by atoms with van der Waals surface area (Å²) in [5.74, 6) is 0.577. The van der Waals surface area contributed by atoms with Crippen molar-refractivity contribution in [2.24, 2.45) is 0 Å². The van der Waals surface area contributed by atoms with Crippen LogP contribution in [0.4, 0.5) is 0 Å². The molecule has 0 fully saturated rings. The summed E-state index contributed by atoms with van der Waals surface area (Å²) in [6.07, 6.45) is 1.57.